The fourth-order valence-corrected chi connectivity index (χ4v) is 2.91. The van der Waals surface area contributed by atoms with E-state index >= 15 is 0 Å². The second kappa shape index (κ2) is 9.52. The van der Waals surface area contributed by atoms with Crippen molar-refractivity contribution >= 4 is 23.5 Å². The molecule has 1 aliphatic rings. The van der Waals surface area contributed by atoms with E-state index in [4.69, 9.17) is 21.1 Å². The maximum absolute atomic E-state index is 11.9. The van der Waals surface area contributed by atoms with Gasteiger partial charge >= 0.3 is 5.97 Å². The van der Waals surface area contributed by atoms with Gasteiger partial charge in [0.1, 0.15) is 5.75 Å². The van der Waals surface area contributed by atoms with Crippen LogP contribution in [0.15, 0.2) is 18.2 Å². The second-order valence-electron chi connectivity index (χ2n) is 6.14. The molecule has 1 fully saturated rings. The van der Waals surface area contributed by atoms with Crippen LogP contribution in [-0.4, -0.2) is 31.1 Å². The van der Waals surface area contributed by atoms with Gasteiger partial charge < -0.3 is 14.8 Å². The van der Waals surface area contributed by atoms with Crippen LogP contribution >= 0.6 is 11.6 Å². The molecule has 132 valence electrons. The minimum absolute atomic E-state index is 0.195. The lowest BCUT2D eigenvalue weighted by molar-refractivity contribution is -0.150. The van der Waals surface area contributed by atoms with Crippen molar-refractivity contribution < 1.29 is 19.1 Å². The summed E-state index contributed by atoms with van der Waals surface area (Å²) in [5, 5.41) is 3.36. The summed E-state index contributed by atoms with van der Waals surface area (Å²) in [4.78, 5) is 23.5. The molecule has 1 amide bonds. The van der Waals surface area contributed by atoms with Gasteiger partial charge in [0, 0.05) is 6.04 Å². The predicted molar refractivity (Wildman–Crippen MR) is 92.3 cm³/mol. The molecule has 0 saturated heterocycles. The Kier molecular flexibility index (Phi) is 7.37. The second-order valence-corrected chi connectivity index (χ2v) is 6.55. The standard InChI is InChI=1S/C18H24ClNO4/c1-13-8-9-15(19)16(10-13)23-12-18(22)24-11-17(21)20-14-6-4-2-3-5-7-14/h8-10,14H,2-7,11-12H2,1H3,(H,20,21). The first kappa shape index (κ1) is 18.6. The van der Waals surface area contributed by atoms with Crippen molar-refractivity contribution in [3.05, 3.63) is 28.8 Å². The molecule has 0 spiro atoms. The van der Waals surface area contributed by atoms with E-state index < -0.39 is 5.97 Å². The monoisotopic (exact) mass is 353 g/mol. The molecule has 0 aliphatic heterocycles. The molecule has 0 radical (unpaired) electrons. The molecule has 1 aromatic carbocycles. The van der Waals surface area contributed by atoms with Crippen LogP contribution in [0.4, 0.5) is 0 Å². The molecule has 0 unspecified atom stereocenters. The zero-order chi connectivity index (χ0) is 17.4. The van der Waals surface area contributed by atoms with Gasteiger partial charge in [-0.05, 0) is 37.5 Å². The number of hydrogen-bond acceptors (Lipinski definition) is 4. The zero-order valence-corrected chi connectivity index (χ0v) is 14.7. The topological polar surface area (TPSA) is 64.6 Å². The fraction of sp³-hybridized carbons (Fsp3) is 0.556. The SMILES string of the molecule is Cc1ccc(Cl)c(OCC(=O)OCC(=O)NC2CCCCCC2)c1. The Morgan fingerprint density at radius 2 is 1.88 bits per heavy atom. The van der Waals surface area contributed by atoms with E-state index in [-0.39, 0.29) is 25.2 Å². The van der Waals surface area contributed by atoms with E-state index in [1.54, 1.807) is 12.1 Å². The first-order valence-electron chi connectivity index (χ1n) is 8.38. The van der Waals surface area contributed by atoms with Gasteiger partial charge in [0.2, 0.25) is 0 Å². The van der Waals surface area contributed by atoms with Crippen molar-refractivity contribution in [3.63, 3.8) is 0 Å². The zero-order valence-electron chi connectivity index (χ0n) is 14.0. The lowest BCUT2D eigenvalue weighted by atomic mass is 10.1. The number of halogens is 1. The molecular weight excluding hydrogens is 330 g/mol. The first-order chi connectivity index (χ1) is 11.5. The Bertz CT molecular complexity index is 568. The number of benzene rings is 1. The van der Waals surface area contributed by atoms with Crippen LogP contribution < -0.4 is 10.1 Å². The van der Waals surface area contributed by atoms with Gasteiger partial charge in [-0.2, -0.15) is 0 Å². The molecule has 2 rings (SSSR count). The summed E-state index contributed by atoms with van der Waals surface area (Å²) in [6.45, 7) is 1.35. The maximum atomic E-state index is 11.9. The molecule has 1 aromatic rings. The van der Waals surface area contributed by atoms with Crippen molar-refractivity contribution in [2.45, 2.75) is 51.5 Å². The Morgan fingerprint density at radius 1 is 1.17 bits per heavy atom. The van der Waals surface area contributed by atoms with E-state index in [9.17, 15) is 9.59 Å². The third-order valence-corrected chi connectivity index (χ3v) is 4.33. The third-order valence-electron chi connectivity index (χ3n) is 4.02. The Morgan fingerprint density at radius 3 is 2.58 bits per heavy atom. The lowest BCUT2D eigenvalue weighted by Gasteiger charge is -2.16. The van der Waals surface area contributed by atoms with Gasteiger partial charge in [-0.1, -0.05) is 43.4 Å². The number of esters is 1. The molecule has 0 atom stereocenters. The molecule has 0 aromatic heterocycles. The molecule has 1 aliphatic carbocycles. The Labute approximate surface area is 147 Å². The number of carbonyl (C=O) groups excluding carboxylic acids is 2. The van der Waals surface area contributed by atoms with Crippen molar-refractivity contribution in [1.82, 2.24) is 5.32 Å². The Balaban J connectivity index is 1.68. The fourth-order valence-electron chi connectivity index (χ4n) is 2.74. The van der Waals surface area contributed by atoms with Gasteiger partial charge in [-0.25, -0.2) is 4.79 Å². The highest BCUT2D eigenvalue weighted by Crippen LogP contribution is 2.25. The van der Waals surface area contributed by atoms with Crippen LogP contribution in [0.3, 0.4) is 0 Å². The number of hydrogen-bond donors (Lipinski definition) is 1. The average molecular weight is 354 g/mol. The lowest BCUT2D eigenvalue weighted by Crippen LogP contribution is -2.37. The quantitative estimate of drug-likeness (QED) is 0.628. The summed E-state index contributed by atoms with van der Waals surface area (Å²) in [6.07, 6.45) is 6.70. The van der Waals surface area contributed by atoms with E-state index in [1.807, 2.05) is 13.0 Å². The molecule has 5 nitrogen and oxygen atoms in total. The van der Waals surface area contributed by atoms with E-state index in [1.165, 1.54) is 12.8 Å². The molecular formula is C18H24ClNO4. The molecule has 1 N–H and O–H groups in total. The number of carbonyl (C=O) groups is 2. The highest BCUT2D eigenvalue weighted by Gasteiger charge is 2.16. The summed E-state index contributed by atoms with van der Waals surface area (Å²) in [7, 11) is 0. The highest BCUT2D eigenvalue weighted by molar-refractivity contribution is 6.32. The van der Waals surface area contributed by atoms with Gasteiger partial charge in [0.25, 0.3) is 5.91 Å². The van der Waals surface area contributed by atoms with Crippen molar-refractivity contribution in [2.24, 2.45) is 0 Å². The minimum atomic E-state index is -0.594. The maximum Gasteiger partial charge on any atom is 0.344 e. The summed E-state index contributed by atoms with van der Waals surface area (Å²) in [6, 6.07) is 5.50. The molecule has 1 saturated carbocycles. The van der Waals surface area contributed by atoms with Crippen LogP contribution in [0.25, 0.3) is 0 Å². The number of aryl methyl sites for hydroxylation is 1. The molecule has 24 heavy (non-hydrogen) atoms. The minimum Gasteiger partial charge on any atom is -0.480 e. The first-order valence-corrected chi connectivity index (χ1v) is 8.76. The van der Waals surface area contributed by atoms with Gasteiger partial charge in [0.05, 0.1) is 5.02 Å². The van der Waals surface area contributed by atoms with E-state index in [2.05, 4.69) is 5.32 Å². The van der Waals surface area contributed by atoms with E-state index in [0.29, 0.717) is 10.8 Å². The molecule has 6 heteroatoms. The van der Waals surface area contributed by atoms with Crippen LogP contribution in [0.2, 0.25) is 5.02 Å². The van der Waals surface area contributed by atoms with Gasteiger partial charge in [-0.3, -0.25) is 4.79 Å². The van der Waals surface area contributed by atoms with Crippen LogP contribution in [0, 0.1) is 6.92 Å². The largest absolute Gasteiger partial charge is 0.480 e. The van der Waals surface area contributed by atoms with Crippen LogP contribution in [-0.2, 0) is 14.3 Å². The third kappa shape index (κ3) is 6.40. The summed E-state index contributed by atoms with van der Waals surface area (Å²) >= 11 is 5.99. The molecule has 0 heterocycles. The number of ether oxygens (including phenoxy) is 2. The van der Waals surface area contributed by atoms with Crippen molar-refractivity contribution in [2.75, 3.05) is 13.2 Å². The van der Waals surface area contributed by atoms with Gasteiger partial charge in [0.15, 0.2) is 13.2 Å². The number of nitrogens with one attached hydrogen (secondary N) is 1. The average Bonchev–Trinajstić information content (AvgIpc) is 2.82. The van der Waals surface area contributed by atoms with Crippen LogP contribution in [0.1, 0.15) is 44.1 Å². The van der Waals surface area contributed by atoms with Gasteiger partial charge in [-0.15, -0.1) is 0 Å². The Hall–Kier alpha value is -1.75. The van der Waals surface area contributed by atoms with E-state index in [0.717, 1.165) is 31.2 Å². The highest BCUT2D eigenvalue weighted by atomic mass is 35.5. The summed E-state index contributed by atoms with van der Waals surface area (Å²) in [5.74, 6) is -0.427. The van der Waals surface area contributed by atoms with Crippen LogP contribution in [0.5, 0.6) is 5.75 Å². The van der Waals surface area contributed by atoms with Crippen molar-refractivity contribution in [3.8, 4) is 5.75 Å². The van der Waals surface area contributed by atoms with Crippen molar-refractivity contribution in [1.29, 1.82) is 0 Å². The predicted octanol–water partition coefficient (Wildman–Crippen LogP) is 3.41. The number of rotatable bonds is 6. The summed E-state index contributed by atoms with van der Waals surface area (Å²) < 4.78 is 10.3. The number of amides is 1. The smallest absolute Gasteiger partial charge is 0.344 e. The summed E-state index contributed by atoms with van der Waals surface area (Å²) in [5.41, 5.74) is 0.977. The molecule has 0 bridgehead atoms. The normalized spacial score (nSPS) is 15.4.